The first-order valence-corrected chi connectivity index (χ1v) is 10.8. The molecule has 2 aromatic carbocycles. The van der Waals surface area contributed by atoms with E-state index in [1.54, 1.807) is 28.4 Å². The summed E-state index contributed by atoms with van der Waals surface area (Å²) in [5.74, 6) is 2.19. The molecular weight excluding hydrogens is 392 g/mol. The molecule has 1 unspecified atom stereocenters. The van der Waals surface area contributed by atoms with Crippen LogP contribution < -0.4 is 14.2 Å². The average molecular weight is 427 g/mol. The fourth-order valence-corrected chi connectivity index (χ4v) is 4.16. The summed E-state index contributed by atoms with van der Waals surface area (Å²) in [4.78, 5) is 0. The highest BCUT2D eigenvalue weighted by Crippen LogP contribution is 2.38. The highest BCUT2D eigenvalue weighted by molar-refractivity contribution is 5.62. The van der Waals surface area contributed by atoms with Crippen LogP contribution in [0, 0.1) is 5.92 Å². The number of methoxy groups -OCH3 is 4. The van der Waals surface area contributed by atoms with E-state index in [4.69, 9.17) is 24.0 Å². The fraction of sp³-hybridized carbons (Fsp3) is 0.480. The lowest BCUT2D eigenvalue weighted by Gasteiger charge is -2.22. The second-order valence-electron chi connectivity index (χ2n) is 7.87. The standard InChI is InChI=1S/C25H34N2O4/c1-28-18-22-11-8-12-27(22)26-17-21(13-19-9-6-5-7-10-19)14-20-15-23(29-2)25(31-4)24(16-20)30-3/h5-7,9-10,15-17,21-22H,8,11-14,18H2,1-4H3/b26-17+/t21?,22-/m0/s1. The molecule has 6 heteroatoms. The zero-order chi connectivity index (χ0) is 22.1. The molecule has 0 aromatic heterocycles. The fourth-order valence-electron chi connectivity index (χ4n) is 4.16. The van der Waals surface area contributed by atoms with Crippen LogP contribution in [0.15, 0.2) is 47.6 Å². The molecule has 0 bridgehead atoms. The van der Waals surface area contributed by atoms with Crippen molar-refractivity contribution in [3.05, 3.63) is 53.6 Å². The van der Waals surface area contributed by atoms with Crippen LogP contribution in [0.5, 0.6) is 17.2 Å². The SMILES string of the molecule is COC[C@@H]1CCCN1/N=C/C(Cc1ccccc1)Cc1cc(OC)c(OC)c(OC)c1. The number of hydrazone groups is 1. The van der Waals surface area contributed by atoms with Crippen molar-refractivity contribution in [3.8, 4) is 17.2 Å². The van der Waals surface area contributed by atoms with Crippen LogP contribution in [-0.2, 0) is 17.6 Å². The maximum absolute atomic E-state index is 5.54. The van der Waals surface area contributed by atoms with Gasteiger partial charge in [-0.05, 0) is 48.9 Å². The van der Waals surface area contributed by atoms with Crippen LogP contribution in [0.25, 0.3) is 0 Å². The van der Waals surface area contributed by atoms with Crippen LogP contribution in [0.4, 0.5) is 0 Å². The number of rotatable bonds is 11. The minimum absolute atomic E-state index is 0.231. The summed E-state index contributed by atoms with van der Waals surface area (Å²) >= 11 is 0. The van der Waals surface area contributed by atoms with Gasteiger partial charge in [0.15, 0.2) is 11.5 Å². The maximum atomic E-state index is 5.54. The maximum Gasteiger partial charge on any atom is 0.203 e. The molecule has 168 valence electrons. The van der Waals surface area contributed by atoms with Crippen molar-refractivity contribution in [3.63, 3.8) is 0 Å². The van der Waals surface area contributed by atoms with Crippen LogP contribution in [-0.4, -0.2) is 58.9 Å². The Morgan fingerprint density at radius 2 is 1.65 bits per heavy atom. The molecule has 1 saturated heterocycles. The van der Waals surface area contributed by atoms with Gasteiger partial charge in [0, 0.05) is 25.8 Å². The summed E-state index contributed by atoms with van der Waals surface area (Å²) in [6.07, 6.45) is 6.11. The summed E-state index contributed by atoms with van der Waals surface area (Å²) in [6, 6.07) is 15.0. The van der Waals surface area contributed by atoms with Gasteiger partial charge in [-0.3, -0.25) is 5.01 Å². The molecular formula is C25H34N2O4. The largest absolute Gasteiger partial charge is 0.493 e. The Morgan fingerprint density at radius 3 is 2.26 bits per heavy atom. The monoisotopic (exact) mass is 426 g/mol. The van der Waals surface area contributed by atoms with Gasteiger partial charge in [-0.2, -0.15) is 5.10 Å². The number of ether oxygens (including phenoxy) is 4. The second kappa shape index (κ2) is 11.6. The Bertz CT molecular complexity index is 816. The van der Waals surface area contributed by atoms with Gasteiger partial charge in [-0.15, -0.1) is 0 Å². The van der Waals surface area contributed by atoms with Gasteiger partial charge in [0.25, 0.3) is 0 Å². The van der Waals surface area contributed by atoms with Gasteiger partial charge in [-0.1, -0.05) is 30.3 Å². The van der Waals surface area contributed by atoms with Crippen LogP contribution in [0.1, 0.15) is 24.0 Å². The molecule has 2 atom stereocenters. The molecule has 6 nitrogen and oxygen atoms in total. The van der Waals surface area contributed by atoms with E-state index in [0.717, 1.165) is 37.8 Å². The molecule has 0 aliphatic carbocycles. The lowest BCUT2D eigenvalue weighted by molar-refractivity contribution is 0.118. The third kappa shape index (κ3) is 6.14. The van der Waals surface area contributed by atoms with Gasteiger partial charge in [0.05, 0.1) is 34.0 Å². The predicted molar refractivity (Wildman–Crippen MR) is 124 cm³/mol. The summed E-state index contributed by atoms with van der Waals surface area (Å²) in [6.45, 7) is 1.69. The number of nitrogens with zero attached hydrogens (tertiary/aromatic N) is 2. The zero-order valence-electron chi connectivity index (χ0n) is 19.0. The van der Waals surface area contributed by atoms with Crippen molar-refractivity contribution in [2.45, 2.75) is 31.7 Å². The molecule has 0 amide bonds. The Balaban J connectivity index is 1.83. The molecule has 0 radical (unpaired) electrons. The second-order valence-corrected chi connectivity index (χ2v) is 7.87. The van der Waals surface area contributed by atoms with Crippen molar-refractivity contribution in [2.75, 3.05) is 41.6 Å². The van der Waals surface area contributed by atoms with Gasteiger partial charge in [0.2, 0.25) is 5.75 Å². The van der Waals surface area contributed by atoms with E-state index >= 15 is 0 Å². The molecule has 2 aromatic rings. The molecule has 31 heavy (non-hydrogen) atoms. The zero-order valence-corrected chi connectivity index (χ0v) is 19.0. The Hall–Kier alpha value is -2.73. The smallest absolute Gasteiger partial charge is 0.203 e. The first-order chi connectivity index (χ1) is 15.2. The third-order valence-corrected chi connectivity index (χ3v) is 5.69. The van der Waals surface area contributed by atoms with Gasteiger partial charge < -0.3 is 18.9 Å². The van der Waals surface area contributed by atoms with Crippen molar-refractivity contribution in [2.24, 2.45) is 11.0 Å². The van der Waals surface area contributed by atoms with Gasteiger partial charge in [0.1, 0.15) is 0 Å². The van der Waals surface area contributed by atoms with Crippen molar-refractivity contribution >= 4 is 6.21 Å². The highest BCUT2D eigenvalue weighted by atomic mass is 16.5. The normalized spacial score (nSPS) is 17.2. The van der Waals surface area contributed by atoms with E-state index in [1.807, 2.05) is 18.2 Å². The number of benzene rings is 2. The molecule has 1 aliphatic rings. The molecule has 0 saturated carbocycles. The van der Waals surface area contributed by atoms with E-state index < -0.39 is 0 Å². The van der Waals surface area contributed by atoms with E-state index in [1.165, 1.54) is 5.56 Å². The number of hydrogen-bond donors (Lipinski definition) is 0. The van der Waals surface area contributed by atoms with Crippen molar-refractivity contribution < 1.29 is 18.9 Å². The van der Waals surface area contributed by atoms with Crippen LogP contribution >= 0.6 is 0 Å². The first-order valence-electron chi connectivity index (χ1n) is 10.8. The van der Waals surface area contributed by atoms with E-state index in [2.05, 4.69) is 35.5 Å². The molecule has 1 aliphatic heterocycles. The Labute approximate surface area is 185 Å². The van der Waals surface area contributed by atoms with Crippen LogP contribution in [0.3, 0.4) is 0 Å². The Morgan fingerprint density at radius 1 is 0.968 bits per heavy atom. The summed E-state index contributed by atoms with van der Waals surface area (Å²) in [5, 5.41) is 7.05. The topological polar surface area (TPSA) is 52.5 Å². The lowest BCUT2D eigenvalue weighted by atomic mass is 9.93. The van der Waals surface area contributed by atoms with Crippen LogP contribution in [0.2, 0.25) is 0 Å². The molecule has 3 rings (SSSR count). The van der Waals surface area contributed by atoms with E-state index in [-0.39, 0.29) is 5.92 Å². The summed E-state index contributed by atoms with van der Waals surface area (Å²) < 4.78 is 21.9. The Kier molecular flexibility index (Phi) is 8.59. The van der Waals surface area contributed by atoms with E-state index in [0.29, 0.717) is 29.9 Å². The minimum atomic E-state index is 0.231. The minimum Gasteiger partial charge on any atom is -0.493 e. The van der Waals surface area contributed by atoms with Crippen molar-refractivity contribution in [1.82, 2.24) is 5.01 Å². The summed E-state index contributed by atoms with van der Waals surface area (Å²) in [7, 11) is 6.67. The molecule has 1 fully saturated rings. The van der Waals surface area contributed by atoms with E-state index in [9.17, 15) is 0 Å². The van der Waals surface area contributed by atoms with Gasteiger partial charge in [-0.25, -0.2) is 0 Å². The molecule has 0 N–H and O–H groups in total. The lowest BCUT2D eigenvalue weighted by Crippen LogP contribution is -2.29. The quantitative estimate of drug-likeness (QED) is 0.504. The molecule has 0 spiro atoms. The average Bonchev–Trinajstić information content (AvgIpc) is 3.24. The highest BCUT2D eigenvalue weighted by Gasteiger charge is 2.23. The summed E-state index contributed by atoms with van der Waals surface area (Å²) in [5.41, 5.74) is 2.41. The first kappa shape index (κ1) is 22.9. The third-order valence-electron chi connectivity index (χ3n) is 5.69. The molecule has 1 heterocycles. The van der Waals surface area contributed by atoms with Gasteiger partial charge >= 0.3 is 0 Å². The predicted octanol–water partition coefficient (Wildman–Crippen LogP) is 4.21. The van der Waals surface area contributed by atoms with Crippen molar-refractivity contribution in [1.29, 1.82) is 0 Å². The number of hydrogen-bond acceptors (Lipinski definition) is 6.